The molecule has 1 aromatic carbocycles. The molecule has 118 valence electrons. The highest BCUT2D eigenvalue weighted by Crippen LogP contribution is 2.60. The molecule has 4 saturated carbocycles. The zero-order valence-corrected chi connectivity index (χ0v) is 14.0. The van der Waals surface area contributed by atoms with Gasteiger partial charge in [-0.2, -0.15) is 0 Å². The molecule has 1 amide bonds. The van der Waals surface area contributed by atoms with Gasteiger partial charge in [-0.1, -0.05) is 17.7 Å². The van der Waals surface area contributed by atoms with Gasteiger partial charge in [-0.25, -0.2) is 0 Å². The minimum atomic E-state index is 0.109. The van der Waals surface area contributed by atoms with E-state index in [4.69, 9.17) is 11.6 Å². The van der Waals surface area contributed by atoms with Gasteiger partial charge in [0.05, 0.1) is 0 Å². The van der Waals surface area contributed by atoms with E-state index in [1.165, 1.54) is 38.5 Å². The number of hydrogen-bond donors (Lipinski definition) is 0. The summed E-state index contributed by atoms with van der Waals surface area (Å²) in [4.78, 5) is 14.6. The molecule has 5 rings (SSSR count). The summed E-state index contributed by atoms with van der Waals surface area (Å²) in [6.07, 6.45) is 8.37. The molecule has 4 aliphatic rings. The third kappa shape index (κ3) is 2.56. The number of rotatable bonds is 3. The molecule has 1 aromatic rings. The van der Waals surface area contributed by atoms with Crippen molar-refractivity contribution >= 4 is 17.5 Å². The van der Waals surface area contributed by atoms with E-state index in [9.17, 15) is 4.79 Å². The first kappa shape index (κ1) is 14.6. The first-order valence-corrected chi connectivity index (χ1v) is 8.92. The van der Waals surface area contributed by atoms with Gasteiger partial charge in [0.2, 0.25) is 0 Å². The molecule has 4 aliphatic carbocycles. The Morgan fingerprint density at radius 3 is 2.32 bits per heavy atom. The highest BCUT2D eigenvalue weighted by Gasteiger charge is 2.51. The molecule has 0 aromatic heterocycles. The lowest BCUT2D eigenvalue weighted by Crippen LogP contribution is -2.51. The molecule has 0 unspecified atom stereocenters. The van der Waals surface area contributed by atoms with Crippen LogP contribution in [0.25, 0.3) is 0 Å². The van der Waals surface area contributed by atoms with Gasteiger partial charge in [-0.3, -0.25) is 4.79 Å². The van der Waals surface area contributed by atoms with E-state index in [0.717, 1.165) is 24.3 Å². The predicted octanol–water partition coefficient (Wildman–Crippen LogP) is 4.63. The number of hydrogen-bond acceptors (Lipinski definition) is 1. The number of nitrogens with zero attached hydrogens (tertiary/aromatic N) is 1. The van der Waals surface area contributed by atoms with Crippen LogP contribution in [-0.2, 0) is 0 Å². The van der Waals surface area contributed by atoms with E-state index < -0.39 is 0 Å². The number of carbonyl (C=O) groups is 1. The van der Waals surface area contributed by atoms with Gasteiger partial charge < -0.3 is 4.90 Å². The Labute approximate surface area is 137 Å². The molecule has 0 radical (unpaired) electrons. The molecule has 0 aliphatic heterocycles. The third-order valence-electron chi connectivity index (χ3n) is 6.16. The smallest absolute Gasteiger partial charge is 0.253 e. The molecule has 0 atom stereocenters. The van der Waals surface area contributed by atoms with Crippen LogP contribution in [0.5, 0.6) is 0 Å². The van der Waals surface area contributed by atoms with Gasteiger partial charge in [0.25, 0.3) is 5.91 Å². The standard InChI is InChI=1S/C19H24ClNO/c1-21(18(22)16-3-2-4-17(20)8-16)12-19-9-13-5-14(10-19)7-15(6-13)11-19/h2-4,8,13-15H,5-7,9-12H2,1H3. The highest BCUT2D eigenvalue weighted by atomic mass is 35.5. The van der Waals surface area contributed by atoms with Crippen molar-refractivity contribution in [2.75, 3.05) is 13.6 Å². The second kappa shape index (κ2) is 5.26. The molecular weight excluding hydrogens is 294 g/mol. The summed E-state index contributed by atoms with van der Waals surface area (Å²) < 4.78 is 0. The van der Waals surface area contributed by atoms with Gasteiger partial charge in [0, 0.05) is 24.2 Å². The summed E-state index contributed by atoms with van der Waals surface area (Å²) >= 11 is 6.02. The van der Waals surface area contributed by atoms with Crippen molar-refractivity contribution in [2.24, 2.45) is 23.2 Å². The lowest BCUT2D eigenvalue weighted by atomic mass is 9.49. The van der Waals surface area contributed by atoms with E-state index in [1.807, 2.05) is 30.1 Å². The Morgan fingerprint density at radius 1 is 1.18 bits per heavy atom. The Bertz CT molecular complexity index is 562. The lowest BCUT2D eigenvalue weighted by molar-refractivity contribution is -0.0629. The molecule has 4 bridgehead atoms. The van der Waals surface area contributed by atoms with Crippen LogP contribution in [-0.4, -0.2) is 24.4 Å². The molecule has 4 fully saturated rings. The van der Waals surface area contributed by atoms with Gasteiger partial charge in [-0.15, -0.1) is 0 Å². The van der Waals surface area contributed by atoms with E-state index in [-0.39, 0.29) is 5.91 Å². The molecule has 22 heavy (non-hydrogen) atoms. The van der Waals surface area contributed by atoms with Gasteiger partial charge in [-0.05, 0) is 79.9 Å². The first-order chi connectivity index (χ1) is 10.5. The number of carbonyl (C=O) groups excluding carboxylic acids is 1. The van der Waals surface area contributed by atoms with E-state index in [2.05, 4.69) is 0 Å². The highest BCUT2D eigenvalue weighted by molar-refractivity contribution is 6.30. The van der Waals surface area contributed by atoms with E-state index >= 15 is 0 Å². The van der Waals surface area contributed by atoms with Crippen molar-refractivity contribution in [3.8, 4) is 0 Å². The maximum absolute atomic E-state index is 12.7. The fourth-order valence-electron chi connectivity index (χ4n) is 5.90. The van der Waals surface area contributed by atoms with Gasteiger partial charge in [0.15, 0.2) is 0 Å². The van der Waals surface area contributed by atoms with Crippen molar-refractivity contribution in [3.63, 3.8) is 0 Å². The first-order valence-electron chi connectivity index (χ1n) is 8.54. The van der Waals surface area contributed by atoms with Crippen molar-refractivity contribution in [1.29, 1.82) is 0 Å². The topological polar surface area (TPSA) is 20.3 Å². The van der Waals surface area contributed by atoms with Crippen molar-refractivity contribution in [3.05, 3.63) is 34.9 Å². The maximum atomic E-state index is 12.7. The van der Waals surface area contributed by atoms with Crippen molar-refractivity contribution in [2.45, 2.75) is 38.5 Å². The largest absolute Gasteiger partial charge is 0.341 e. The summed E-state index contributed by atoms with van der Waals surface area (Å²) in [7, 11) is 1.96. The second-order valence-electron chi connectivity index (χ2n) is 8.09. The quantitative estimate of drug-likeness (QED) is 0.796. The average molecular weight is 318 g/mol. The summed E-state index contributed by atoms with van der Waals surface area (Å²) in [6, 6.07) is 7.32. The van der Waals surface area contributed by atoms with E-state index in [0.29, 0.717) is 16.0 Å². The zero-order chi connectivity index (χ0) is 15.3. The van der Waals surface area contributed by atoms with Crippen LogP contribution in [0.4, 0.5) is 0 Å². The fraction of sp³-hybridized carbons (Fsp3) is 0.632. The fourth-order valence-corrected chi connectivity index (χ4v) is 6.09. The molecular formula is C19H24ClNO. The molecule has 3 heteroatoms. The Balaban J connectivity index is 1.50. The summed E-state index contributed by atoms with van der Waals surface area (Å²) in [6.45, 7) is 0.918. The predicted molar refractivity (Wildman–Crippen MR) is 89.0 cm³/mol. The van der Waals surface area contributed by atoms with Crippen molar-refractivity contribution < 1.29 is 4.79 Å². The minimum absolute atomic E-state index is 0.109. The maximum Gasteiger partial charge on any atom is 0.253 e. The normalized spacial score (nSPS) is 35.6. The molecule has 0 N–H and O–H groups in total. The number of amides is 1. The Morgan fingerprint density at radius 2 is 1.77 bits per heavy atom. The van der Waals surface area contributed by atoms with Crippen LogP contribution < -0.4 is 0 Å². The SMILES string of the molecule is CN(CC12CC3CC(CC(C3)C1)C2)C(=O)c1cccc(Cl)c1. The molecule has 0 saturated heterocycles. The number of benzene rings is 1. The monoisotopic (exact) mass is 317 g/mol. The Kier molecular flexibility index (Phi) is 3.48. The minimum Gasteiger partial charge on any atom is -0.341 e. The van der Waals surface area contributed by atoms with Gasteiger partial charge in [0.1, 0.15) is 0 Å². The zero-order valence-electron chi connectivity index (χ0n) is 13.2. The van der Waals surface area contributed by atoms with Crippen LogP contribution in [0.3, 0.4) is 0 Å². The summed E-state index contributed by atoms with van der Waals surface area (Å²) in [5.41, 5.74) is 1.11. The van der Waals surface area contributed by atoms with E-state index in [1.54, 1.807) is 6.07 Å². The van der Waals surface area contributed by atoms with Crippen LogP contribution in [0.2, 0.25) is 5.02 Å². The van der Waals surface area contributed by atoms with Crippen LogP contribution >= 0.6 is 11.6 Å². The molecule has 2 nitrogen and oxygen atoms in total. The van der Waals surface area contributed by atoms with Crippen LogP contribution in [0.1, 0.15) is 48.9 Å². The molecule has 0 heterocycles. The number of halogens is 1. The second-order valence-corrected chi connectivity index (χ2v) is 8.53. The summed E-state index contributed by atoms with van der Waals surface area (Å²) in [5.74, 6) is 2.90. The van der Waals surface area contributed by atoms with Crippen molar-refractivity contribution in [1.82, 2.24) is 4.90 Å². The average Bonchev–Trinajstić information content (AvgIpc) is 2.44. The lowest BCUT2D eigenvalue weighted by Gasteiger charge is -2.57. The Hall–Kier alpha value is -1.02. The van der Waals surface area contributed by atoms with Gasteiger partial charge >= 0.3 is 0 Å². The van der Waals surface area contributed by atoms with Crippen LogP contribution in [0, 0.1) is 23.2 Å². The summed E-state index contributed by atoms with van der Waals surface area (Å²) in [5, 5.41) is 0.633. The molecule has 0 spiro atoms. The van der Waals surface area contributed by atoms with Crippen LogP contribution in [0.15, 0.2) is 24.3 Å². The third-order valence-corrected chi connectivity index (χ3v) is 6.39.